The molecule has 1 aromatic heterocycles. The first-order valence-corrected chi connectivity index (χ1v) is 6.42. The molecule has 1 aromatic carbocycles. The highest BCUT2D eigenvalue weighted by atomic mass is 16.1. The van der Waals surface area contributed by atoms with Crippen LogP contribution in [0.2, 0.25) is 0 Å². The molecular weight excluding hydrogens is 226 g/mol. The van der Waals surface area contributed by atoms with Crippen molar-refractivity contribution >= 4 is 16.8 Å². The van der Waals surface area contributed by atoms with Crippen LogP contribution in [0.1, 0.15) is 23.2 Å². The van der Waals surface area contributed by atoms with E-state index in [9.17, 15) is 4.79 Å². The Labute approximate surface area is 106 Å². The Bertz CT molecular complexity index is 555. The van der Waals surface area contributed by atoms with Crippen LogP contribution < -0.4 is 10.6 Å². The zero-order chi connectivity index (χ0) is 12.4. The van der Waals surface area contributed by atoms with Crippen LogP contribution >= 0.6 is 0 Å². The van der Waals surface area contributed by atoms with Crippen molar-refractivity contribution in [3.8, 4) is 0 Å². The maximum Gasteiger partial charge on any atom is 0.253 e. The average molecular weight is 243 g/mol. The number of benzene rings is 1. The molecule has 1 aliphatic rings. The molecular formula is C14H17N3O. The van der Waals surface area contributed by atoms with Gasteiger partial charge in [-0.2, -0.15) is 0 Å². The Morgan fingerprint density at radius 1 is 1.33 bits per heavy atom. The number of piperidine rings is 1. The summed E-state index contributed by atoms with van der Waals surface area (Å²) < 4.78 is 0. The Morgan fingerprint density at radius 2 is 2.22 bits per heavy atom. The molecule has 1 atom stereocenters. The summed E-state index contributed by atoms with van der Waals surface area (Å²) in [5, 5.41) is 7.38. The zero-order valence-corrected chi connectivity index (χ0v) is 10.2. The van der Waals surface area contributed by atoms with Crippen molar-refractivity contribution in [2.45, 2.75) is 18.9 Å². The van der Waals surface area contributed by atoms with Crippen LogP contribution in [-0.2, 0) is 0 Å². The maximum absolute atomic E-state index is 12.2. The van der Waals surface area contributed by atoms with Gasteiger partial charge in [0.05, 0.1) is 5.56 Å². The van der Waals surface area contributed by atoms with Gasteiger partial charge in [-0.3, -0.25) is 4.79 Å². The second kappa shape index (κ2) is 4.82. The normalized spacial score (nSPS) is 19.9. The van der Waals surface area contributed by atoms with Gasteiger partial charge in [0.15, 0.2) is 0 Å². The fraction of sp³-hybridized carbons (Fsp3) is 0.357. The number of nitrogens with one attached hydrogen (secondary N) is 3. The van der Waals surface area contributed by atoms with Crippen molar-refractivity contribution in [1.82, 2.24) is 15.6 Å². The van der Waals surface area contributed by atoms with Gasteiger partial charge in [0.25, 0.3) is 5.91 Å². The van der Waals surface area contributed by atoms with Crippen LogP contribution in [0.25, 0.3) is 10.9 Å². The molecule has 3 N–H and O–H groups in total. The van der Waals surface area contributed by atoms with E-state index in [-0.39, 0.29) is 11.9 Å². The molecule has 4 heteroatoms. The van der Waals surface area contributed by atoms with Crippen LogP contribution in [0.4, 0.5) is 0 Å². The monoisotopic (exact) mass is 243 g/mol. The molecule has 0 aliphatic carbocycles. The van der Waals surface area contributed by atoms with Crippen LogP contribution in [0.3, 0.4) is 0 Å². The van der Waals surface area contributed by atoms with Gasteiger partial charge >= 0.3 is 0 Å². The van der Waals surface area contributed by atoms with Crippen LogP contribution in [-0.4, -0.2) is 30.0 Å². The predicted octanol–water partition coefficient (Wildman–Crippen LogP) is 1.65. The number of hydrogen-bond acceptors (Lipinski definition) is 2. The Balaban J connectivity index is 1.79. The number of rotatable bonds is 2. The van der Waals surface area contributed by atoms with E-state index in [1.54, 1.807) is 6.20 Å². The van der Waals surface area contributed by atoms with Gasteiger partial charge in [-0.1, -0.05) is 18.2 Å². The molecule has 1 fully saturated rings. The largest absolute Gasteiger partial charge is 0.360 e. The van der Waals surface area contributed by atoms with E-state index in [1.807, 2.05) is 24.3 Å². The second-order valence-corrected chi connectivity index (χ2v) is 4.76. The van der Waals surface area contributed by atoms with E-state index in [1.165, 1.54) is 0 Å². The number of hydrogen-bond donors (Lipinski definition) is 3. The standard InChI is InChI=1S/C14H17N3O/c18-14(17-10-4-3-7-15-8-10)12-9-16-13-6-2-1-5-11(12)13/h1-2,5-6,9-10,15-16H,3-4,7-8H2,(H,17,18)/t10-/m0/s1. The minimum atomic E-state index is 0.0150. The lowest BCUT2D eigenvalue weighted by Gasteiger charge is -2.23. The molecule has 1 aliphatic heterocycles. The van der Waals surface area contributed by atoms with Crippen molar-refractivity contribution in [3.05, 3.63) is 36.0 Å². The molecule has 0 saturated carbocycles. The van der Waals surface area contributed by atoms with Crippen molar-refractivity contribution in [2.24, 2.45) is 0 Å². The smallest absolute Gasteiger partial charge is 0.253 e. The fourth-order valence-corrected chi connectivity index (χ4v) is 2.50. The first kappa shape index (κ1) is 11.3. The number of para-hydroxylation sites is 1. The summed E-state index contributed by atoms with van der Waals surface area (Å²) in [7, 11) is 0. The molecule has 0 spiro atoms. The second-order valence-electron chi connectivity index (χ2n) is 4.76. The lowest BCUT2D eigenvalue weighted by Crippen LogP contribution is -2.45. The first-order valence-electron chi connectivity index (χ1n) is 6.42. The van der Waals surface area contributed by atoms with E-state index >= 15 is 0 Å². The lowest BCUT2D eigenvalue weighted by molar-refractivity contribution is 0.0932. The van der Waals surface area contributed by atoms with Crippen LogP contribution in [0, 0.1) is 0 Å². The van der Waals surface area contributed by atoms with E-state index in [0.717, 1.165) is 42.4 Å². The zero-order valence-electron chi connectivity index (χ0n) is 10.2. The molecule has 3 rings (SSSR count). The fourth-order valence-electron chi connectivity index (χ4n) is 2.50. The lowest BCUT2D eigenvalue weighted by atomic mass is 10.1. The number of amides is 1. The Kier molecular flexibility index (Phi) is 3.02. The summed E-state index contributed by atoms with van der Waals surface area (Å²) in [6.45, 7) is 1.92. The van der Waals surface area contributed by atoms with E-state index in [0.29, 0.717) is 0 Å². The van der Waals surface area contributed by atoms with Gasteiger partial charge in [-0.05, 0) is 25.5 Å². The van der Waals surface area contributed by atoms with Gasteiger partial charge in [-0.15, -0.1) is 0 Å². The van der Waals surface area contributed by atoms with Crippen LogP contribution in [0.5, 0.6) is 0 Å². The number of aromatic amines is 1. The van der Waals surface area contributed by atoms with Gasteiger partial charge in [0.1, 0.15) is 0 Å². The highest BCUT2D eigenvalue weighted by Crippen LogP contribution is 2.17. The molecule has 18 heavy (non-hydrogen) atoms. The Hall–Kier alpha value is -1.81. The number of fused-ring (bicyclic) bond motifs is 1. The number of carbonyl (C=O) groups excluding carboxylic acids is 1. The minimum absolute atomic E-state index is 0.0150. The SMILES string of the molecule is O=C(N[C@H]1CCCNC1)c1c[nH]c2ccccc12. The summed E-state index contributed by atoms with van der Waals surface area (Å²) in [4.78, 5) is 15.4. The summed E-state index contributed by atoms with van der Waals surface area (Å²) in [6.07, 6.45) is 3.97. The third kappa shape index (κ3) is 2.11. The number of aromatic nitrogens is 1. The van der Waals surface area contributed by atoms with Crippen molar-refractivity contribution < 1.29 is 4.79 Å². The highest BCUT2D eigenvalue weighted by Gasteiger charge is 2.18. The number of H-pyrrole nitrogens is 1. The maximum atomic E-state index is 12.2. The molecule has 4 nitrogen and oxygen atoms in total. The first-order chi connectivity index (χ1) is 8.84. The van der Waals surface area contributed by atoms with E-state index < -0.39 is 0 Å². The summed E-state index contributed by atoms with van der Waals surface area (Å²) in [6, 6.07) is 8.12. The quantitative estimate of drug-likeness (QED) is 0.751. The summed E-state index contributed by atoms with van der Waals surface area (Å²) in [5.74, 6) is 0.0150. The Morgan fingerprint density at radius 3 is 3.06 bits per heavy atom. The molecule has 2 heterocycles. The van der Waals surface area contributed by atoms with Crippen molar-refractivity contribution in [2.75, 3.05) is 13.1 Å². The van der Waals surface area contributed by atoms with Gasteiger partial charge in [0, 0.05) is 29.7 Å². The molecule has 94 valence electrons. The predicted molar refractivity (Wildman–Crippen MR) is 71.7 cm³/mol. The average Bonchev–Trinajstić information content (AvgIpc) is 2.84. The van der Waals surface area contributed by atoms with Gasteiger partial charge in [0.2, 0.25) is 0 Å². The summed E-state index contributed by atoms with van der Waals surface area (Å²) >= 11 is 0. The van der Waals surface area contributed by atoms with Gasteiger partial charge in [-0.25, -0.2) is 0 Å². The van der Waals surface area contributed by atoms with E-state index in [4.69, 9.17) is 0 Å². The summed E-state index contributed by atoms with van der Waals surface area (Å²) in [5.41, 5.74) is 1.74. The number of carbonyl (C=O) groups is 1. The minimum Gasteiger partial charge on any atom is -0.360 e. The molecule has 1 saturated heterocycles. The van der Waals surface area contributed by atoms with Crippen molar-refractivity contribution in [1.29, 1.82) is 0 Å². The third-order valence-corrected chi connectivity index (χ3v) is 3.47. The third-order valence-electron chi connectivity index (χ3n) is 3.47. The molecule has 1 amide bonds. The topological polar surface area (TPSA) is 56.9 Å². The van der Waals surface area contributed by atoms with E-state index in [2.05, 4.69) is 15.6 Å². The molecule has 0 unspecified atom stereocenters. The highest BCUT2D eigenvalue weighted by molar-refractivity contribution is 6.06. The molecule has 0 bridgehead atoms. The molecule has 0 radical (unpaired) electrons. The van der Waals surface area contributed by atoms with Crippen molar-refractivity contribution in [3.63, 3.8) is 0 Å². The van der Waals surface area contributed by atoms with Crippen LogP contribution in [0.15, 0.2) is 30.5 Å². The molecule has 2 aromatic rings. The van der Waals surface area contributed by atoms with Gasteiger partial charge < -0.3 is 15.6 Å².